The number of benzene rings is 2. The van der Waals surface area contributed by atoms with Crippen molar-refractivity contribution in [1.29, 1.82) is 0 Å². The molecule has 2 rings (SSSR count). The number of hydrogen-bond donors (Lipinski definition) is 6. The molecule has 0 heterocycles. The molecule has 7 N–H and O–H groups in total. The first-order valence-electron chi connectivity index (χ1n) is 12.8. The molecule has 4 unspecified atom stereocenters. The summed E-state index contributed by atoms with van der Waals surface area (Å²) in [5, 5.41) is 27.3. The zero-order chi connectivity index (χ0) is 29.5. The van der Waals surface area contributed by atoms with Crippen molar-refractivity contribution in [2.24, 2.45) is 5.73 Å². The number of aliphatic carboxylic acids is 1. The van der Waals surface area contributed by atoms with Gasteiger partial charge in [0.1, 0.15) is 23.9 Å². The summed E-state index contributed by atoms with van der Waals surface area (Å²) in [6.45, 7) is 0. The smallest absolute Gasteiger partial charge is 0.326 e. The molecule has 0 radical (unpaired) electrons. The molecule has 2 aromatic rings. The maximum Gasteiger partial charge on any atom is 0.326 e. The molecule has 12 heteroatoms. The van der Waals surface area contributed by atoms with Crippen molar-refractivity contribution in [3.05, 3.63) is 65.7 Å². The summed E-state index contributed by atoms with van der Waals surface area (Å²) in [7, 11) is 0. The second kappa shape index (κ2) is 17.5. The van der Waals surface area contributed by atoms with Crippen molar-refractivity contribution in [2.45, 2.75) is 49.9 Å². The molecule has 0 aromatic heterocycles. The maximum absolute atomic E-state index is 13.5. The Morgan fingerprint density at radius 1 is 0.725 bits per heavy atom. The SMILES string of the molecule is CSCCC(N)C(=O)NC(Cc1ccc(O)cc1)C(=O)NC(CCSC)C(=O)NC(Cc1ccccc1)C(=O)O. The molecule has 0 aliphatic rings. The number of hydrogen-bond acceptors (Lipinski definition) is 8. The fourth-order valence-electron chi connectivity index (χ4n) is 3.83. The molecule has 0 saturated heterocycles. The van der Waals surface area contributed by atoms with Crippen molar-refractivity contribution in [1.82, 2.24) is 16.0 Å². The van der Waals surface area contributed by atoms with Crippen LogP contribution in [0.5, 0.6) is 5.75 Å². The number of carbonyl (C=O) groups excluding carboxylic acids is 3. The topological polar surface area (TPSA) is 171 Å². The van der Waals surface area contributed by atoms with E-state index < -0.39 is 47.9 Å². The highest BCUT2D eigenvalue weighted by molar-refractivity contribution is 7.98. The summed E-state index contributed by atoms with van der Waals surface area (Å²) in [5.74, 6) is -1.65. The summed E-state index contributed by atoms with van der Waals surface area (Å²) in [4.78, 5) is 51.4. The fraction of sp³-hybridized carbons (Fsp3) is 0.429. The average Bonchev–Trinajstić information content (AvgIpc) is 2.94. The van der Waals surface area contributed by atoms with E-state index in [0.717, 1.165) is 5.56 Å². The third-order valence-electron chi connectivity index (χ3n) is 6.12. The van der Waals surface area contributed by atoms with Crippen LogP contribution >= 0.6 is 23.5 Å². The summed E-state index contributed by atoms with van der Waals surface area (Å²) in [5.41, 5.74) is 7.43. The van der Waals surface area contributed by atoms with Crippen LogP contribution in [0.3, 0.4) is 0 Å². The molecule has 0 aliphatic heterocycles. The number of carboxylic acid groups (broad SMARTS) is 1. The zero-order valence-corrected chi connectivity index (χ0v) is 24.3. The summed E-state index contributed by atoms with van der Waals surface area (Å²) >= 11 is 3.03. The van der Waals surface area contributed by atoms with Crippen LogP contribution < -0.4 is 21.7 Å². The van der Waals surface area contributed by atoms with Gasteiger partial charge in [0.05, 0.1) is 6.04 Å². The average molecular weight is 591 g/mol. The van der Waals surface area contributed by atoms with E-state index in [1.807, 2.05) is 18.6 Å². The Kier molecular flexibility index (Phi) is 14.4. The third-order valence-corrected chi connectivity index (χ3v) is 7.41. The molecule has 4 atom stereocenters. The van der Waals surface area contributed by atoms with Crippen molar-refractivity contribution in [3.8, 4) is 5.75 Å². The molecular weight excluding hydrogens is 552 g/mol. The van der Waals surface area contributed by atoms with E-state index in [9.17, 15) is 29.4 Å². The fourth-order valence-corrected chi connectivity index (χ4v) is 4.79. The van der Waals surface area contributed by atoms with E-state index in [4.69, 9.17) is 5.73 Å². The Labute approximate surface area is 243 Å². The van der Waals surface area contributed by atoms with Gasteiger partial charge < -0.3 is 31.9 Å². The second-order valence-electron chi connectivity index (χ2n) is 9.25. The highest BCUT2D eigenvalue weighted by atomic mass is 32.2. The number of nitrogens with two attached hydrogens (primary N) is 1. The van der Waals surface area contributed by atoms with Gasteiger partial charge in [-0.3, -0.25) is 14.4 Å². The van der Waals surface area contributed by atoms with Crippen LogP contribution in [-0.2, 0) is 32.0 Å². The van der Waals surface area contributed by atoms with Gasteiger partial charge in [0.15, 0.2) is 0 Å². The molecule has 40 heavy (non-hydrogen) atoms. The van der Waals surface area contributed by atoms with E-state index >= 15 is 0 Å². The van der Waals surface area contributed by atoms with Gasteiger partial charge >= 0.3 is 5.97 Å². The van der Waals surface area contributed by atoms with Gasteiger partial charge in [-0.1, -0.05) is 42.5 Å². The largest absolute Gasteiger partial charge is 0.508 e. The standard InChI is InChI=1S/C28H38N4O6S2/c1-39-14-12-21(29)25(34)31-23(16-19-8-10-20(33)11-9-19)27(36)30-22(13-15-40-2)26(35)32-24(28(37)38)17-18-6-4-3-5-7-18/h3-11,21-24,33H,12-17,29H2,1-2H3,(H,30,36)(H,31,34)(H,32,35)(H,37,38). The van der Waals surface area contributed by atoms with Crippen LogP contribution in [-0.4, -0.2) is 82.1 Å². The molecule has 10 nitrogen and oxygen atoms in total. The van der Waals surface area contributed by atoms with Crippen LogP contribution in [0, 0.1) is 0 Å². The predicted molar refractivity (Wildman–Crippen MR) is 159 cm³/mol. The molecule has 0 aliphatic carbocycles. The first kappa shape index (κ1) is 33.0. The number of nitrogens with one attached hydrogen (secondary N) is 3. The van der Waals surface area contributed by atoms with E-state index in [1.165, 1.54) is 23.9 Å². The Hall–Kier alpha value is -3.22. The van der Waals surface area contributed by atoms with Gasteiger partial charge in [-0.25, -0.2) is 4.79 Å². The van der Waals surface area contributed by atoms with E-state index in [2.05, 4.69) is 16.0 Å². The highest BCUT2D eigenvalue weighted by Gasteiger charge is 2.30. The number of carbonyl (C=O) groups is 4. The highest BCUT2D eigenvalue weighted by Crippen LogP contribution is 2.13. The molecule has 0 fully saturated rings. The quantitative estimate of drug-likeness (QED) is 0.160. The van der Waals surface area contributed by atoms with E-state index in [1.54, 1.807) is 48.2 Å². The van der Waals surface area contributed by atoms with Crippen LogP contribution in [0.2, 0.25) is 0 Å². The molecule has 3 amide bonds. The van der Waals surface area contributed by atoms with Crippen molar-refractivity contribution >= 4 is 47.2 Å². The lowest BCUT2D eigenvalue weighted by molar-refractivity contribution is -0.142. The van der Waals surface area contributed by atoms with Gasteiger partial charge in [0.25, 0.3) is 0 Å². The summed E-state index contributed by atoms with van der Waals surface area (Å²) in [6, 6.07) is 11.1. The van der Waals surface area contributed by atoms with Crippen molar-refractivity contribution < 1.29 is 29.4 Å². The number of amides is 3. The molecule has 0 spiro atoms. The van der Waals surface area contributed by atoms with Crippen LogP contribution in [0.15, 0.2) is 54.6 Å². The van der Waals surface area contributed by atoms with E-state index in [0.29, 0.717) is 23.5 Å². The minimum atomic E-state index is -1.19. The number of thioether (sulfide) groups is 2. The Bertz CT molecular complexity index is 1100. The van der Waals surface area contributed by atoms with Crippen LogP contribution in [0.25, 0.3) is 0 Å². The van der Waals surface area contributed by atoms with Crippen LogP contribution in [0.4, 0.5) is 0 Å². The van der Waals surface area contributed by atoms with Crippen molar-refractivity contribution in [3.63, 3.8) is 0 Å². The van der Waals surface area contributed by atoms with Gasteiger partial charge in [-0.2, -0.15) is 23.5 Å². The van der Waals surface area contributed by atoms with Gasteiger partial charge in [0, 0.05) is 12.8 Å². The number of aromatic hydroxyl groups is 1. The number of phenolic OH excluding ortho intramolecular Hbond substituents is 1. The van der Waals surface area contributed by atoms with Crippen molar-refractivity contribution in [2.75, 3.05) is 24.0 Å². The van der Waals surface area contributed by atoms with Crippen LogP contribution in [0.1, 0.15) is 24.0 Å². The summed E-state index contributed by atoms with van der Waals surface area (Å²) < 4.78 is 0. The Balaban J connectivity index is 2.20. The number of phenols is 1. The van der Waals surface area contributed by atoms with Gasteiger partial charge in [0.2, 0.25) is 17.7 Å². The second-order valence-corrected chi connectivity index (χ2v) is 11.2. The van der Waals surface area contributed by atoms with Gasteiger partial charge in [-0.05, 0) is 60.1 Å². The summed E-state index contributed by atoms with van der Waals surface area (Å²) in [6.07, 6.45) is 4.62. The predicted octanol–water partition coefficient (Wildman–Crippen LogP) is 1.55. The van der Waals surface area contributed by atoms with Gasteiger partial charge in [-0.15, -0.1) is 0 Å². The molecule has 0 bridgehead atoms. The maximum atomic E-state index is 13.5. The first-order chi connectivity index (χ1) is 19.1. The monoisotopic (exact) mass is 590 g/mol. The lowest BCUT2D eigenvalue weighted by Gasteiger charge is -2.25. The minimum Gasteiger partial charge on any atom is -0.508 e. The lowest BCUT2D eigenvalue weighted by Crippen LogP contribution is -2.58. The minimum absolute atomic E-state index is 0.0603. The molecule has 218 valence electrons. The molecular formula is C28H38N4O6S2. The lowest BCUT2D eigenvalue weighted by atomic mass is 10.0. The number of rotatable bonds is 17. The third kappa shape index (κ3) is 11.5. The van der Waals surface area contributed by atoms with E-state index in [-0.39, 0.29) is 25.0 Å². The molecule has 0 saturated carbocycles. The Morgan fingerprint density at radius 2 is 1.23 bits per heavy atom. The Morgan fingerprint density at radius 3 is 1.82 bits per heavy atom. The molecule has 2 aromatic carbocycles. The normalized spacial score (nSPS) is 13.9. The zero-order valence-electron chi connectivity index (χ0n) is 22.7. The first-order valence-corrected chi connectivity index (χ1v) is 15.6. The number of carboxylic acids is 1.